The van der Waals surface area contributed by atoms with Crippen molar-refractivity contribution in [1.82, 2.24) is 0 Å². The van der Waals surface area contributed by atoms with Crippen LogP contribution < -0.4 is 0 Å². The summed E-state index contributed by atoms with van der Waals surface area (Å²) in [5, 5.41) is 1.37. The van der Waals surface area contributed by atoms with E-state index in [1.165, 1.54) is 0 Å². The Balaban J connectivity index is 2.58. The molecule has 2 aromatic rings. The highest BCUT2D eigenvalue weighted by Crippen LogP contribution is 2.31. The van der Waals surface area contributed by atoms with Crippen molar-refractivity contribution in [1.29, 1.82) is 0 Å². The summed E-state index contributed by atoms with van der Waals surface area (Å²) in [5.41, 5.74) is 1.95. The van der Waals surface area contributed by atoms with Gasteiger partial charge in [-0.1, -0.05) is 51.3 Å². The zero-order valence-electron chi connectivity index (χ0n) is 7.60. The molecule has 0 aliphatic rings. The largest absolute Gasteiger partial charge is 0.0843 e. The van der Waals surface area contributed by atoms with Crippen LogP contribution in [-0.2, 0) is 0 Å². The highest BCUT2D eigenvalue weighted by atomic mass is 79.9. The first-order valence-corrected chi connectivity index (χ1v) is 5.84. The van der Waals surface area contributed by atoms with Gasteiger partial charge in [0.25, 0.3) is 0 Å². The number of hydrogen-bond acceptors (Lipinski definition) is 0. The Morgan fingerprint density at radius 2 is 1.87 bits per heavy atom. The molecule has 0 saturated heterocycles. The normalized spacial score (nSPS) is 10.3. The lowest BCUT2D eigenvalue weighted by Crippen LogP contribution is -1.80. The maximum absolute atomic E-state index is 6.10. The van der Waals surface area contributed by atoms with E-state index in [9.17, 15) is 0 Å². The monoisotopic (exact) mass is 299 g/mol. The summed E-state index contributed by atoms with van der Waals surface area (Å²) in [6, 6.07) is 14.2. The minimum absolute atomic E-state index is 0.679. The molecule has 0 fully saturated rings. The van der Waals surface area contributed by atoms with Crippen molar-refractivity contribution in [3.05, 3.63) is 57.0 Å². The third-order valence-electron chi connectivity index (χ3n) is 2.01. The Labute approximate surface area is 107 Å². The fraction of sp³-hybridized carbons (Fsp3) is 0. The number of rotatable bonds is 1. The van der Waals surface area contributed by atoms with Gasteiger partial charge >= 0.3 is 0 Å². The van der Waals surface area contributed by atoms with Crippen LogP contribution in [0.1, 0.15) is 0 Å². The third-order valence-corrected chi connectivity index (χ3v) is 3.03. The van der Waals surface area contributed by atoms with E-state index in [1.807, 2.05) is 24.3 Å². The molecule has 0 saturated carbocycles. The Hall–Kier alpha value is -0.500. The summed E-state index contributed by atoms with van der Waals surface area (Å²) in [7, 11) is 0. The lowest BCUT2D eigenvalue weighted by Gasteiger charge is -2.05. The van der Waals surface area contributed by atoms with Gasteiger partial charge in [-0.3, -0.25) is 0 Å². The van der Waals surface area contributed by atoms with Crippen LogP contribution in [0, 0.1) is 6.07 Å². The highest BCUT2D eigenvalue weighted by molar-refractivity contribution is 9.10. The van der Waals surface area contributed by atoms with Crippen molar-refractivity contribution < 1.29 is 0 Å². The molecule has 2 rings (SSSR count). The van der Waals surface area contributed by atoms with E-state index in [2.05, 4.69) is 22.0 Å². The summed E-state index contributed by atoms with van der Waals surface area (Å²) >= 11 is 15.4. The van der Waals surface area contributed by atoms with Crippen molar-refractivity contribution >= 4 is 39.1 Å². The van der Waals surface area contributed by atoms with E-state index in [0.29, 0.717) is 10.0 Å². The zero-order valence-corrected chi connectivity index (χ0v) is 10.7. The number of halogens is 3. The molecule has 0 unspecified atom stereocenters. The van der Waals surface area contributed by atoms with Gasteiger partial charge in [0.2, 0.25) is 0 Å². The fourth-order valence-electron chi connectivity index (χ4n) is 1.32. The van der Waals surface area contributed by atoms with E-state index in [1.54, 1.807) is 12.1 Å². The van der Waals surface area contributed by atoms with Crippen LogP contribution in [0.25, 0.3) is 11.1 Å². The van der Waals surface area contributed by atoms with Gasteiger partial charge in [-0.05, 0) is 35.9 Å². The van der Waals surface area contributed by atoms with Gasteiger partial charge < -0.3 is 0 Å². The van der Waals surface area contributed by atoms with Crippen LogP contribution >= 0.6 is 39.1 Å². The van der Waals surface area contributed by atoms with E-state index < -0.39 is 0 Å². The molecule has 0 aliphatic carbocycles. The lowest BCUT2D eigenvalue weighted by atomic mass is 10.1. The molecule has 0 N–H and O–H groups in total. The highest BCUT2D eigenvalue weighted by Gasteiger charge is 2.04. The molecular weight excluding hydrogens is 295 g/mol. The molecule has 0 aliphatic heterocycles. The molecule has 0 bridgehead atoms. The molecule has 0 nitrogen and oxygen atoms in total. The van der Waals surface area contributed by atoms with Gasteiger partial charge in [0.1, 0.15) is 0 Å². The first-order chi connectivity index (χ1) is 7.16. The molecular formula is C12H6BrCl2. The Morgan fingerprint density at radius 1 is 1.07 bits per heavy atom. The zero-order chi connectivity index (χ0) is 10.8. The number of benzene rings is 2. The van der Waals surface area contributed by atoms with Gasteiger partial charge in [-0.2, -0.15) is 0 Å². The number of hydrogen-bond donors (Lipinski definition) is 0. The molecule has 2 aromatic carbocycles. The summed E-state index contributed by atoms with van der Waals surface area (Å²) in [5.74, 6) is 0. The quantitative estimate of drug-likeness (QED) is 0.677. The fourth-order valence-corrected chi connectivity index (χ4v) is 2.10. The molecule has 1 radical (unpaired) electrons. The average Bonchev–Trinajstić information content (AvgIpc) is 2.22. The van der Waals surface area contributed by atoms with Crippen LogP contribution in [0.5, 0.6) is 0 Å². The Kier molecular flexibility index (Phi) is 3.35. The second kappa shape index (κ2) is 4.56. The lowest BCUT2D eigenvalue weighted by molar-refractivity contribution is 1.58. The minimum Gasteiger partial charge on any atom is -0.0843 e. The van der Waals surface area contributed by atoms with Crippen LogP contribution in [-0.4, -0.2) is 0 Å². The molecule has 0 aromatic heterocycles. The molecule has 15 heavy (non-hydrogen) atoms. The van der Waals surface area contributed by atoms with Gasteiger partial charge in [0, 0.05) is 20.1 Å². The second-order valence-electron chi connectivity index (χ2n) is 3.05. The van der Waals surface area contributed by atoms with E-state index in [0.717, 1.165) is 15.6 Å². The van der Waals surface area contributed by atoms with E-state index in [-0.39, 0.29) is 0 Å². The van der Waals surface area contributed by atoms with Gasteiger partial charge in [0.15, 0.2) is 0 Å². The van der Waals surface area contributed by atoms with Gasteiger partial charge in [-0.25, -0.2) is 0 Å². The molecule has 75 valence electrons. The van der Waals surface area contributed by atoms with Crippen molar-refractivity contribution in [2.75, 3.05) is 0 Å². The first kappa shape index (κ1) is 11.0. The summed E-state index contributed by atoms with van der Waals surface area (Å²) in [4.78, 5) is 0. The van der Waals surface area contributed by atoms with Crippen molar-refractivity contribution in [3.63, 3.8) is 0 Å². The Morgan fingerprint density at radius 3 is 2.60 bits per heavy atom. The molecule has 0 amide bonds. The van der Waals surface area contributed by atoms with Crippen LogP contribution in [0.3, 0.4) is 0 Å². The van der Waals surface area contributed by atoms with Crippen molar-refractivity contribution in [3.8, 4) is 11.1 Å². The van der Waals surface area contributed by atoms with Gasteiger partial charge in [-0.15, -0.1) is 0 Å². The summed E-state index contributed by atoms with van der Waals surface area (Å²) in [6.07, 6.45) is 0. The van der Waals surface area contributed by atoms with Crippen molar-refractivity contribution in [2.45, 2.75) is 0 Å². The molecule has 0 atom stereocenters. The van der Waals surface area contributed by atoms with Crippen LogP contribution in [0.4, 0.5) is 0 Å². The summed E-state index contributed by atoms with van der Waals surface area (Å²) in [6.45, 7) is 0. The van der Waals surface area contributed by atoms with E-state index in [4.69, 9.17) is 23.2 Å². The maximum Gasteiger partial charge on any atom is 0.0485 e. The van der Waals surface area contributed by atoms with Crippen LogP contribution in [0.15, 0.2) is 40.9 Å². The molecule has 0 heterocycles. The molecule has 0 spiro atoms. The smallest absolute Gasteiger partial charge is 0.0485 e. The predicted octanol–water partition coefficient (Wildman–Crippen LogP) is 5.22. The van der Waals surface area contributed by atoms with Crippen molar-refractivity contribution in [2.24, 2.45) is 0 Å². The predicted molar refractivity (Wildman–Crippen MR) is 68.4 cm³/mol. The molecule has 3 heteroatoms. The maximum atomic E-state index is 6.10. The average molecular weight is 301 g/mol. The topological polar surface area (TPSA) is 0 Å². The SMILES string of the molecule is Clc1ccc(Cl)c(-c2cc[c]c(Br)c2)c1. The summed E-state index contributed by atoms with van der Waals surface area (Å²) < 4.78 is 0.899. The first-order valence-electron chi connectivity index (χ1n) is 4.29. The minimum atomic E-state index is 0.679. The second-order valence-corrected chi connectivity index (χ2v) is 4.75. The standard InChI is InChI=1S/C12H6BrCl2/c13-9-3-1-2-8(6-9)11-7-10(14)4-5-12(11)15/h1-2,4-7H. The Bertz CT molecular complexity index is 495. The van der Waals surface area contributed by atoms with Gasteiger partial charge in [0.05, 0.1) is 0 Å². The van der Waals surface area contributed by atoms with E-state index >= 15 is 0 Å². The van der Waals surface area contributed by atoms with Crippen LogP contribution in [0.2, 0.25) is 10.0 Å². The third kappa shape index (κ3) is 2.54.